The van der Waals surface area contributed by atoms with Gasteiger partial charge < -0.3 is 4.74 Å². The number of allylic oxidation sites excluding steroid dienone is 1. The summed E-state index contributed by atoms with van der Waals surface area (Å²) in [5.41, 5.74) is -0.248. The standard InChI is InChI=1S/C14H24O2/c1-6-16-10-9-11-7-8-12(15)14(4,5)13(11,2)3/h9-11H,6-8H2,1-5H3. The fourth-order valence-corrected chi connectivity index (χ4v) is 2.37. The summed E-state index contributed by atoms with van der Waals surface area (Å²) < 4.78 is 5.26. The van der Waals surface area contributed by atoms with E-state index in [0.717, 1.165) is 6.42 Å². The van der Waals surface area contributed by atoms with Crippen LogP contribution in [0.25, 0.3) is 0 Å². The Morgan fingerprint density at radius 2 is 2.00 bits per heavy atom. The summed E-state index contributed by atoms with van der Waals surface area (Å²) in [5, 5.41) is 0. The lowest BCUT2D eigenvalue weighted by atomic mass is 9.54. The first-order chi connectivity index (χ1) is 7.34. The Morgan fingerprint density at radius 1 is 1.38 bits per heavy atom. The highest BCUT2D eigenvalue weighted by Gasteiger charge is 2.49. The molecule has 1 unspecified atom stereocenters. The number of rotatable bonds is 3. The first-order valence-corrected chi connectivity index (χ1v) is 6.15. The summed E-state index contributed by atoms with van der Waals surface area (Å²) in [6, 6.07) is 0. The molecule has 2 heteroatoms. The van der Waals surface area contributed by atoms with Crippen LogP contribution in [0.1, 0.15) is 47.5 Å². The van der Waals surface area contributed by atoms with Crippen molar-refractivity contribution in [3.63, 3.8) is 0 Å². The highest BCUT2D eigenvalue weighted by Crippen LogP contribution is 2.51. The second-order valence-electron chi connectivity index (χ2n) is 5.70. The molecule has 0 aromatic carbocycles. The Bertz CT molecular complexity index is 287. The zero-order chi connectivity index (χ0) is 12.4. The van der Waals surface area contributed by atoms with E-state index in [0.29, 0.717) is 24.7 Å². The lowest BCUT2D eigenvalue weighted by Crippen LogP contribution is -2.47. The Balaban J connectivity index is 2.85. The van der Waals surface area contributed by atoms with Crippen LogP contribution in [0.3, 0.4) is 0 Å². The second-order valence-corrected chi connectivity index (χ2v) is 5.70. The minimum Gasteiger partial charge on any atom is -0.502 e. The van der Waals surface area contributed by atoms with Gasteiger partial charge in [-0.25, -0.2) is 0 Å². The molecule has 92 valence electrons. The van der Waals surface area contributed by atoms with Crippen molar-refractivity contribution in [2.45, 2.75) is 47.5 Å². The van der Waals surface area contributed by atoms with E-state index in [9.17, 15) is 4.79 Å². The third kappa shape index (κ3) is 2.16. The maximum Gasteiger partial charge on any atom is 0.139 e. The summed E-state index contributed by atoms with van der Waals surface area (Å²) in [6.45, 7) is 11.2. The lowest BCUT2D eigenvalue weighted by Gasteiger charge is -2.48. The minimum absolute atomic E-state index is 0.00403. The van der Waals surface area contributed by atoms with E-state index in [1.54, 1.807) is 6.26 Å². The molecule has 0 spiro atoms. The zero-order valence-electron chi connectivity index (χ0n) is 11.2. The van der Waals surface area contributed by atoms with Crippen LogP contribution >= 0.6 is 0 Å². The van der Waals surface area contributed by atoms with Gasteiger partial charge in [-0.05, 0) is 30.8 Å². The van der Waals surface area contributed by atoms with Crippen LogP contribution < -0.4 is 0 Å². The van der Waals surface area contributed by atoms with Crippen molar-refractivity contribution in [2.75, 3.05) is 6.61 Å². The molecule has 16 heavy (non-hydrogen) atoms. The number of carbonyl (C=O) groups is 1. The van der Waals surface area contributed by atoms with Gasteiger partial charge in [0.2, 0.25) is 0 Å². The van der Waals surface area contributed by atoms with Crippen LogP contribution in [0, 0.1) is 16.7 Å². The zero-order valence-corrected chi connectivity index (χ0v) is 11.2. The van der Waals surface area contributed by atoms with E-state index in [1.165, 1.54) is 0 Å². The molecule has 0 aliphatic heterocycles. The van der Waals surface area contributed by atoms with Gasteiger partial charge >= 0.3 is 0 Å². The molecule has 0 amide bonds. The van der Waals surface area contributed by atoms with E-state index in [1.807, 2.05) is 6.92 Å². The van der Waals surface area contributed by atoms with Gasteiger partial charge in [0.25, 0.3) is 0 Å². The molecule has 0 bridgehead atoms. The fraction of sp³-hybridized carbons (Fsp3) is 0.786. The van der Waals surface area contributed by atoms with Crippen molar-refractivity contribution in [3.05, 3.63) is 12.3 Å². The van der Waals surface area contributed by atoms with E-state index in [2.05, 4.69) is 33.8 Å². The second kappa shape index (κ2) is 4.60. The van der Waals surface area contributed by atoms with Gasteiger partial charge in [0.15, 0.2) is 0 Å². The molecule has 0 heterocycles. The maximum absolute atomic E-state index is 12.0. The number of hydrogen-bond donors (Lipinski definition) is 0. The van der Waals surface area contributed by atoms with Gasteiger partial charge in [0.05, 0.1) is 12.9 Å². The van der Waals surface area contributed by atoms with Crippen molar-refractivity contribution in [3.8, 4) is 0 Å². The Labute approximate surface area is 99.1 Å². The SMILES string of the molecule is CCOC=CC1CCC(=O)C(C)(C)C1(C)C. The van der Waals surface area contributed by atoms with Crippen LogP contribution in [0.5, 0.6) is 0 Å². The number of hydrogen-bond acceptors (Lipinski definition) is 2. The molecule has 1 aliphatic carbocycles. The molecule has 1 fully saturated rings. The van der Waals surface area contributed by atoms with Crippen molar-refractivity contribution in [1.82, 2.24) is 0 Å². The van der Waals surface area contributed by atoms with E-state index in [4.69, 9.17) is 4.74 Å². The van der Waals surface area contributed by atoms with Crippen LogP contribution in [-0.4, -0.2) is 12.4 Å². The molecule has 1 atom stereocenters. The van der Waals surface area contributed by atoms with Gasteiger partial charge in [-0.15, -0.1) is 0 Å². The van der Waals surface area contributed by atoms with Crippen LogP contribution in [0.15, 0.2) is 12.3 Å². The third-order valence-electron chi connectivity index (χ3n) is 4.49. The van der Waals surface area contributed by atoms with E-state index in [-0.39, 0.29) is 10.8 Å². The summed E-state index contributed by atoms with van der Waals surface area (Å²) in [6.07, 6.45) is 5.55. The van der Waals surface area contributed by atoms with Crippen molar-refractivity contribution in [2.24, 2.45) is 16.7 Å². The number of Topliss-reactive ketones (excluding diaryl/α,β-unsaturated/α-hetero) is 1. The molecule has 1 rings (SSSR count). The Hall–Kier alpha value is -0.790. The summed E-state index contributed by atoms with van der Waals surface area (Å²) in [5.74, 6) is 0.810. The normalized spacial score (nSPS) is 28.3. The predicted octanol–water partition coefficient (Wildman–Crippen LogP) is 3.57. The molecule has 0 radical (unpaired) electrons. The van der Waals surface area contributed by atoms with Crippen molar-refractivity contribution >= 4 is 5.78 Å². The summed E-state index contributed by atoms with van der Waals surface area (Å²) in [7, 11) is 0. The molecule has 0 saturated heterocycles. The van der Waals surface area contributed by atoms with Gasteiger partial charge in [0.1, 0.15) is 5.78 Å². The predicted molar refractivity (Wildman–Crippen MR) is 66.1 cm³/mol. The average molecular weight is 224 g/mol. The van der Waals surface area contributed by atoms with Gasteiger partial charge in [-0.3, -0.25) is 4.79 Å². The Kier molecular flexibility index (Phi) is 3.82. The Morgan fingerprint density at radius 3 is 2.56 bits per heavy atom. The summed E-state index contributed by atoms with van der Waals surface area (Å²) >= 11 is 0. The highest BCUT2D eigenvalue weighted by molar-refractivity contribution is 5.85. The average Bonchev–Trinajstić information content (AvgIpc) is 2.20. The topological polar surface area (TPSA) is 26.3 Å². The van der Waals surface area contributed by atoms with Crippen molar-refractivity contribution in [1.29, 1.82) is 0 Å². The molecule has 0 aromatic rings. The van der Waals surface area contributed by atoms with Crippen LogP contribution in [0.4, 0.5) is 0 Å². The maximum atomic E-state index is 12.0. The van der Waals surface area contributed by atoms with Crippen molar-refractivity contribution < 1.29 is 9.53 Å². The molecule has 1 aliphatic rings. The molecule has 1 saturated carbocycles. The number of ketones is 1. The monoisotopic (exact) mass is 224 g/mol. The first-order valence-electron chi connectivity index (χ1n) is 6.15. The number of ether oxygens (including phenoxy) is 1. The fourth-order valence-electron chi connectivity index (χ4n) is 2.37. The molecular formula is C14H24O2. The van der Waals surface area contributed by atoms with Gasteiger partial charge in [-0.1, -0.05) is 27.7 Å². The quantitative estimate of drug-likeness (QED) is 0.685. The van der Waals surface area contributed by atoms with Gasteiger partial charge in [-0.2, -0.15) is 0 Å². The molecule has 2 nitrogen and oxygen atoms in total. The molecule has 0 N–H and O–H groups in total. The van der Waals surface area contributed by atoms with E-state index >= 15 is 0 Å². The molecular weight excluding hydrogens is 200 g/mol. The van der Waals surface area contributed by atoms with Crippen LogP contribution in [0.2, 0.25) is 0 Å². The molecule has 0 aromatic heterocycles. The lowest BCUT2D eigenvalue weighted by molar-refractivity contribution is -0.140. The van der Waals surface area contributed by atoms with Gasteiger partial charge in [0, 0.05) is 11.8 Å². The van der Waals surface area contributed by atoms with Crippen LogP contribution in [-0.2, 0) is 9.53 Å². The highest BCUT2D eigenvalue weighted by atomic mass is 16.5. The largest absolute Gasteiger partial charge is 0.502 e. The first kappa shape index (κ1) is 13.3. The van der Waals surface area contributed by atoms with E-state index < -0.39 is 0 Å². The smallest absolute Gasteiger partial charge is 0.139 e. The summed E-state index contributed by atoms with van der Waals surface area (Å²) in [4.78, 5) is 12.0. The number of carbonyl (C=O) groups excluding carboxylic acids is 1. The minimum atomic E-state index is -0.244. The third-order valence-corrected chi connectivity index (χ3v) is 4.49.